The summed E-state index contributed by atoms with van der Waals surface area (Å²) in [5, 5.41) is 7.92. The fourth-order valence-electron chi connectivity index (χ4n) is 7.00. The van der Waals surface area contributed by atoms with E-state index in [1.54, 1.807) is 4.68 Å². The molecule has 30 heavy (non-hydrogen) atoms. The van der Waals surface area contributed by atoms with Crippen LogP contribution in [0.4, 0.5) is 8.78 Å². The molecule has 1 aromatic carbocycles. The van der Waals surface area contributed by atoms with Gasteiger partial charge in [-0.05, 0) is 66.9 Å². The highest BCUT2D eigenvalue weighted by Crippen LogP contribution is 2.62. The third-order valence-corrected chi connectivity index (χ3v) is 8.66. The number of benzene rings is 1. The number of amides is 1. The van der Waals surface area contributed by atoms with E-state index in [4.69, 9.17) is 0 Å². The standard InChI is InChI=1S/C24H27F2N3O/c1-23(2)13-6-7-24(3,11-13)22(23)27-21(30)19-16-9-12-8-15(12)20(16)29(28-19)18-5-4-14(25)10-17(18)26/h4-5,10,12-13,15,22H,6-9,11H2,1-3H3,(H,27,30)/t12-,13-,15-,22-,24+/m1/s1. The van der Waals surface area contributed by atoms with Gasteiger partial charge in [0.25, 0.3) is 5.91 Å². The zero-order valence-corrected chi connectivity index (χ0v) is 17.6. The molecule has 3 saturated carbocycles. The largest absolute Gasteiger partial charge is 0.347 e. The van der Waals surface area contributed by atoms with Gasteiger partial charge < -0.3 is 5.32 Å². The van der Waals surface area contributed by atoms with Gasteiger partial charge in [-0.2, -0.15) is 5.10 Å². The summed E-state index contributed by atoms with van der Waals surface area (Å²) in [5.41, 5.74) is 2.70. The monoisotopic (exact) mass is 411 g/mol. The molecular formula is C24H27F2N3O. The summed E-state index contributed by atoms with van der Waals surface area (Å²) in [6.45, 7) is 6.82. The van der Waals surface area contributed by atoms with E-state index >= 15 is 0 Å². The van der Waals surface area contributed by atoms with Gasteiger partial charge in [-0.15, -0.1) is 0 Å². The Labute approximate surface area is 175 Å². The highest BCUT2D eigenvalue weighted by Gasteiger charge is 2.60. The first-order valence-electron chi connectivity index (χ1n) is 11.1. The van der Waals surface area contributed by atoms with Gasteiger partial charge in [0, 0.05) is 23.6 Å². The minimum absolute atomic E-state index is 0.0552. The number of fused-ring (bicyclic) bond motifs is 5. The van der Waals surface area contributed by atoms with Crippen molar-refractivity contribution in [1.82, 2.24) is 15.1 Å². The minimum Gasteiger partial charge on any atom is -0.347 e. The number of carbonyl (C=O) groups is 1. The van der Waals surface area contributed by atoms with E-state index in [-0.39, 0.29) is 28.5 Å². The van der Waals surface area contributed by atoms with Gasteiger partial charge in [-0.3, -0.25) is 4.79 Å². The second kappa shape index (κ2) is 5.71. The van der Waals surface area contributed by atoms with Crippen LogP contribution in [0.15, 0.2) is 18.2 Å². The molecule has 6 heteroatoms. The van der Waals surface area contributed by atoms with Crippen molar-refractivity contribution in [3.63, 3.8) is 0 Å². The van der Waals surface area contributed by atoms with E-state index in [1.807, 2.05) is 0 Å². The van der Waals surface area contributed by atoms with Crippen LogP contribution < -0.4 is 5.32 Å². The molecular weight excluding hydrogens is 384 g/mol. The second-order valence-corrected chi connectivity index (χ2v) is 10.8. The smallest absolute Gasteiger partial charge is 0.272 e. The number of nitrogens with one attached hydrogen (secondary N) is 1. The quantitative estimate of drug-likeness (QED) is 0.792. The number of halogens is 2. The van der Waals surface area contributed by atoms with Gasteiger partial charge in [-0.25, -0.2) is 13.5 Å². The van der Waals surface area contributed by atoms with Crippen molar-refractivity contribution < 1.29 is 13.6 Å². The van der Waals surface area contributed by atoms with Crippen molar-refractivity contribution in [2.45, 2.75) is 64.8 Å². The van der Waals surface area contributed by atoms with Crippen molar-refractivity contribution in [2.24, 2.45) is 22.7 Å². The number of nitrogens with zero attached hydrogens (tertiary/aromatic N) is 2. The number of hydrogen-bond donors (Lipinski definition) is 1. The highest BCUT2D eigenvalue weighted by atomic mass is 19.1. The van der Waals surface area contributed by atoms with Gasteiger partial charge in [0.2, 0.25) is 0 Å². The maximum absolute atomic E-state index is 14.5. The molecule has 3 fully saturated rings. The van der Waals surface area contributed by atoms with E-state index in [2.05, 4.69) is 31.2 Å². The van der Waals surface area contributed by atoms with E-state index < -0.39 is 11.6 Å². The van der Waals surface area contributed by atoms with E-state index in [0.717, 1.165) is 43.0 Å². The third kappa shape index (κ3) is 2.36. The lowest BCUT2D eigenvalue weighted by Crippen LogP contribution is -2.52. The Morgan fingerprint density at radius 1 is 1.27 bits per heavy atom. The summed E-state index contributed by atoms with van der Waals surface area (Å²) < 4.78 is 29.5. The van der Waals surface area contributed by atoms with E-state index in [0.29, 0.717) is 23.4 Å². The van der Waals surface area contributed by atoms with Crippen LogP contribution in [-0.4, -0.2) is 21.7 Å². The van der Waals surface area contributed by atoms with E-state index in [1.165, 1.54) is 18.6 Å². The van der Waals surface area contributed by atoms with Crippen LogP contribution in [-0.2, 0) is 6.42 Å². The van der Waals surface area contributed by atoms with Crippen molar-refractivity contribution in [3.05, 3.63) is 46.8 Å². The summed E-state index contributed by atoms with van der Waals surface area (Å²) in [5.74, 6) is 0.0654. The fourth-order valence-corrected chi connectivity index (χ4v) is 7.00. The normalized spacial score (nSPS) is 34.7. The molecule has 2 aromatic rings. The van der Waals surface area contributed by atoms with Crippen LogP contribution in [0, 0.1) is 34.3 Å². The Balaban J connectivity index is 1.38. The van der Waals surface area contributed by atoms with Crippen molar-refractivity contribution in [3.8, 4) is 5.69 Å². The topological polar surface area (TPSA) is 46.9 Å². The van der Waals surface area contributed by atoms with Crippen LogP contribution in [0.2, 0.25) is 0 Å². The lowest BCUT2D eigenvalue weighted by Gasteiger charge is -2.43. The molecule has 0 spiro atoms. The first-order valence-corrected chi connectivity index (χ1v) is 11.1. The fraction of sp³-hybridized carbons (Fsp3) is 0.583. The molecule has 1 amide bonds. The summed E-state index contributed by atoms with van der Waals surface area (Å²) in [6.07, 6.45) is 5.40. The number of hydrogen-bond acceptors (Lipinski definition) is 2. The maximum Gasteiger partial charge on any atom is 0.272 e. The van der Waals surface area contributed by atoms with Gasteiger partial charge in [0.1, 0.15) is 11.5 Å². The summed E-state index contributed by atoms with van der Waals surface area (Å²) in [7, 11) is 0. The third-order valence-electron chi connectivity index (χ3n) is 8.66. The minimum atomic E-state index is -0.655. The summed E-state index contributed by atoms with van der Waals surface area (Å²) >= 11 is 0. The molecule has 2 bridgehead atoms. The lowest BCUT2D eigenvalue weighted by molar-refractivity contribution is 0.0732. The van der Waals surface area contributed by atoms with Gasteiger partial charge >= 0.3 is 0 Å². The zero-order chi connectivity index (χ0) is 21.0. The molecule has 158 valence electrons. The van der Waals surface area contributed by atoms with Crippen LogP contribution in [0.1, 0.15) is 74.1 Å². The summed E-state index contributed by atoms with van der Waals surface area (Å²) in [6, 6.07) is 3.64. The molecule has 1 aromatic heterocycles. The predicted octanol–water partition coefficient (Wildman–Crippen LogP) is 4.75. The maximum atomic E-state index is 14.5. The van der Waals surface area contributed by atoms with Crippen LogP contribution in [0.5, 0.6) is 0 Å². The molecule has 0 saturated heterocycles. The Hall–Kier alpha value is -2.24. The average Bonchev–Trinajstić information content (AvgIpc) is 2.98. The van der Waals surface area contributed by atoms with Gasteiger partial charge in [0.15, 0.2) is 11.5 Å². The molecule has 4 aliphatic rings. The van der Waals surface area contributed by atoms with E-state index in [9.17, 15) is 13.6 Å². The SMILES string of the molecule is CC1(C)[C@@H]2CC[C@@](C)(C2)[C@@H]1NC(=O)c1nn(-c2ccc(F)cc2F)c2c1C[C@H]1C[C@@H]21. The predicted molar refractivity (Wildman–Crippen MR) is 109 cm³/mol. The van der Waals surface area contributed by atoms with Crippen molar-refractivity contribution in [2.75, 3.05) is 0 Å². The number of aromatic nitrogens is 2. The Kier molecular flexibility index (Phi) is 3.53. The van der Waals surface area contributed by atoms with Crippen molar-refractivity contribution in [1.29, 1.82) is 0 Å². The molecule has 4 nitrogen and oxygen atoms in total. The zero-order valence-electron chi connectivity index (χ0n) is 17.6. The lowest BCUT2D eigenvalue weighted by atomic mass is 9.68. The Morgan fingerprint density at radius 2 is 2.07 bits per heavy atom. The molecule has 1 heterocycles. The average molecular weight is 411 g/mol. The van der Waals surface area contributed by atoms with Crippen LogP contribution >= 0.6 is 0 Å². The van der Waals surface area contributed by atoms with Gasteiger partial charge in [-0.1, -0.05) is 20.8 Å². The number of rotatable bonds is 3. The number of carbonyl (C=O) groups excluding carboxylic acids is 1. The first kappa shape index (κ1) is 18.5. The summed E-state index contributed by atoms with van der Waals surface area (Å²) in [4.78, 5) is 13.4. The molecule has 0 aliphatic heterocycles. The van der Waals surface area contributed by atoms with Crippen molar-refractivity contribution >= 4 is 5.91 Å². The highest BCUT2D eigenvalue weighted by molar-refractivity contribution is 5.95. The van der Waals surface area contributed by atoms with Gasteiger partial charge in [0.05, 0.1) is 5.69 Å². The molecule has 5 atom stereocenters. The first-order chi connectivity index (χ1) is 14.2. The molecule has 0 unspecified atom stereocenters. The second-order valence-electron chi connectivity index (χ2n) is 10.8. The molecule has 1 N–H and O–H groups in total. The van der Waals surface area contributed by atoms with Crippen LogP contribution in [0.25, 0.3) is 5.69 Å². The molecule has 0 radical (unpaired) electrons. The molecule has 4 aliphatic carbocycles. The van der Waals surface area contributed by atoms with Crippen LogP contribution in [0.3, 0.4) is 0 Å². The molecule has 6 rings (SSSR count). The Bertz CT molecular complexity index is 1090. The Morgan fingerprint density at radius 3 is 2.77 bits per heavy atom.